The van der Waals surface area contributed by atoms with Crippen LogP contribution in [0.2, 0.25) is 0 Å². The largest absolute Gasteiger partial charge is 0.311 e. The summed E-state index contributed by atoms with van der Waals surface area (Å²) in [5.41, 5.74) is 2.60. The first-order valence-electron chi connectivity index (χ1n) is 6.24. The fourth-order valence-corrected chi connectivity index (χ4v) is 2.65. The first-order valence-corrected chi connectivity index (χ1v) is 7.04. The van der Waals surface area contributed by atoms with Gasteiger partial charge in [0.05, 0.1) is 18.1 Å². The summed E-state index contributed by atoms with van der Waals surface area (Å²) >= 11 is 3.39. The van der Waals surface area contributed by atoms with Crippen LogP contribution >= 0.6 is 15.9 Å². The molecule has 2 aromatic rings. The predicted molar refractivity (Wildman–Crippen MR) is 74.3 cm³/mol. The molecule has 1 atom stereocenters. The predicted octanol–water partition coefficient (Wildman–Crippen LogP) is 2.63. The molecule has 0 aromatic carbocycles. The Morgan fingerprint density at radius 3 is 2.94 bits per heavy atom. The van der Waals surface area contributed by atoms with Crippen molar-refractivity contribution >= 4 is 21.6 Å². The second kappa shape index (κ2) is 4.31. The fourth-order valence-electron chi connectivity index (χ4n) is 2.35. The van der Waals surface area contributed by atoms with E-state index in [2.05, 4.69) is 49.5 Å². The second-order valence-electron chi connectivity index (χ2n) is 5.71. The molecule has 0 radical (unpaired) electrons. The maximum absolute atomic E-state index is 4.34. The molecule has 0 bridgehead atoms. The number of nitrogens with one attached hydrogen (secondary N) is 1. The van der Waals surface area contributed by atoms with Gasteiger partial charge in [0.2, 0.25) is 0 Å². The molecule has 1 unspecified atom stereocenters. The second-order valence-corrected chi connectivity index (χ2v) is 6.52. The highest BCUT2D eigenvalue weighted by Crippen LogP contribution is 2.50. The van der Waals surface area contributed by atoms with Crippen LogP contribution < -0.4 is 5.32 Å². The summed E-state index contributed by atoms with van der Waals surface area (Å²) in [4.78, 5) is 8.51. The number of hydrogen-bond donors (Lipinski definition) is 1. The summed E-state index contributed by atoms with van der Waals surface area (Å²) in [5.74, 6) is 0.824. The minimum atomic E-state index is 0.541. The Labute approximate surface area is 115 Å². The van der Waals surface area contributed by atoms with E-state index in [1.165, 1.54) is 12.1 Å². The van der Waals surface area contributed by atoms with Crippen molar-refractivity contribution in [3.8, 4) is 0 Å². The van der Waals surface area contributed by atoms with E-state index in [4.69, 9.17) is 0 Å². The van der Waals surface area contributed by atoms with Crippen molar-refractivity contribution in [3.63, 3.8) is 0 Å². The summed E-state index contributed by atoms with van der Waals surface area (Å²) in [7, 11) is 0. The van der Waals surface area contributed by atoms with E-state index in [0.717, 1.165) is 29.3 Å². The van der Waals surface area contributed by atoms with Gasteiger partial charge in [0.15, 0.2) is 5.65 Å². The van der Waals surface area contributed by atoms with Crippen molar-refractivity contribution in [2.24, 2.45) is 11.3 Å². The van der Waals surface area contributed by atoms with Crippen molar-refractivity contribution in [3.05, 3.63) is 28.9 Å². The number of hydrogen-bond acceptors (Lipinski definition) is 3. The number of fused-ring (bicyclic) bond motifs is 1. The van der Waals surface area contributed by atoms with Gasteiger partial charge in [-0.2, -0.15) is 0 Å². The molecule has 1 fully saturated rings. The number of aromatic nitrogens is 3. The highest BCUT2D eigenvalue weighted by Gasteiger charge is 2.44. The molecule has 18 heavy (non-hydrogen) atoms. The molecule has 0 amide bonds. The molecule has 0 saturated heterocycles. The molecule has 1 aliphatic rings. The van der Waals surface area contributed by atoms with Gasteiger partial charge in [-0.1, -0.05) is 13.8 Å². The Bertz CT molecular complexity index is 575. The third-order valence-corrected chi connectivity index (χ3v) is 4.26. The summed E-state index contributed by atoms with van der Waals surface area (Å²) in [5, 5.41) is 3.52. The zero-order valence-corrected chi connectivity index (χ0v) is 12.2. The highest BCUT2D eigenvalue weighted by molar-refractivity contribution is 9.10. The number of rotatable bonds is 4. The van der Waals surface area contributed by atoms with Gasteiger partial charge < -0.3 is 5.32 Å². The molecule has 96 valence electrons. The van der Waals surface area contributed by atoms with Gasteiger partial charge in [-0.3, -0.25) is 4.40 Å². The molecular weight excluding hydrogens is 292 g/mol. The van der Waals surface area contributed by atoms with Crippen LogP contribution in [0.4, 0.5) is 0 Å². The van der Waals surface area contributed by atoms with E-state index in [-0.39, 0.29) is 0 Å². The Hall–Kier alpha value is -0.940. The third kappa shape index (κ3) is 2.29. The maximum Gasteiger partial charge on any atom is 0.155 e. The number of imidazole rings is 1. The van der Waals surface area contributed by atoms with E-state index >= 15 is 0 Å². The van der Waals surface area contributed by atoms with E-state index < -0.39 is 0 Å². The lowest BCUT2D eigenvalue weighted by atomic mass is 10.1. The maximum atomic E-state index is 4.34. The van der Waals surface area contributed by atoms with Crippen LogP contribution in [-0.2, 0) is 6.54 Å². The lowest BCUT2D eigenvalue weighted by Crippen LogP contribution is -2.19. The Kier molecular flexibility index (Phi) is 2.90. The van der Waals surface area contributed by atoms with Gasteiger partial charge in [0.1, 0.15) is 4.60 Å². The van der Waals surface area contributed by atoms with E-state index in [9.17, 15) is 0 Å². The van der Waals surface area contributed by atoms with Crippen LogP contribution in [0.1, 0.15) is 26.0 Å². The van der Waals surface area contributed by atoms with Crippen LogP contribution in [0, 0.1) is 11.3 Å². The van der Waals surface area contributed by atoms with Gasteiger partial charge >= 0.3 is 0 Å². The molecule has 1 aliphatic carbocycles. The average molecular weight is 309 g/mol. The van der Waals surface area contributed by atoms with Crippen LogP contribution in [0.25, 0.3) is 5.65 Å². The van der Waals surface area contributed by atoms with Crippen molar-refractivity contribution in [1.82, 2.24) is 19.7 Å². The van der Waals surface area contributed by atoms with Crippen LogP contribution in [-0.4, -0.2) is 20.9 Å². The SMILES string of the molecule is CC1(C)CC1CNCc1cnc2cnc(Br)cn12. The number of nitrogens with zero attached hydrogens (tertiary/aromatic N) is 3. The standard InChI is InChI=1S/C13H17BrN4/c1-13(2)3-9(13)4-15-5-10-6-17-12-7-16-11(14)8-18(10)12/h6-9,15H,3-5H2,1-2H3. The van der Waals surface area contributed by atoms with Crippen molar-refractivity contribution in [2.45, 2.75) is 26.8 Å². The third-order valence-electron chi connectivity index (χ3n) is 3.86. The number of halogens is 1. The molecular formula is C13H17BrN4. The zero-order valence-electron chi connectivity index (χ0n) is 10.7. The van der Waals surface area contributed by atoms with E-state index in [1.807, 2.05) is 12.4 Å². The topological polar surface area (TPSA) is 42.2 Å². The van der Waals surface area contributed by atoms with Crippen molar-refractivity contribution in [1.29, 1.82) is 0 Å². The van der Waals surface area contributed by atoms with Crippen molar-refractivity contribution in [2.75, 3.05) is 6.54 Å². The molecule has 1 saturated carbocycles. The van der Waals surface area contributed by atoms with E-state index in [1.54, 1.807) is 6.20 Å². The first kappa shape index (κ1) is 12.1. The summed E-state index contributed by atoms with van der Waals surface area (Å²) in [6.07, 6.45) is 6.98. The monoisotopic (exact) mass is 308 g/mol. The van der Waals surface area contributed by atoms with Gasteiger partial charge in [0, 0.05) is 12.7 Å². The normalized spacial score (nSPS) is 21.4. The summed E-state index contributed by atoms with van der Waals surface area (Å²) in [6, 6.07) is 0. The van der Waals surface area contributed by atoms with Gasteiger partial charge in [0.25, 0.3) is 0 Å². The molecule has 4 nitrogen and oxygen atoms in total. The Morgan fingerprint density at radius 2 is 2.22 bits per heavy atom. The van der Waals surface area contributed by atoms with Gasteiger partial charge in [-0.25, -0.2) is 9.97 Å². The highest BCUT2D eigenvalue weighted by atomic mass is 79.9. The first-order chi connectivity index (χ1) is 8.56. The summed E-state index contributed by atoms with van der Waals surface area (Å²) in [6.45, 7) is 6.60. The summed E-state index contributed by atoms with van der Waals surface area (Å²) < 4.78 is 2.90. The molecule has 0 spiro atoms. The van der Waals surface area contributed by atoms with Crippen LogP contribution in [0.5, 0.6) is 0 Å². The molecule has 0 aliphatic heterocycles. The van der Waals surface area contributed by atoms with E-state index in [0.29, 0.717) is 5.41 Å². The van der Waals surface area contributed by atoms with Crippen LogP contribution in [0.15, 0.2) is 23.2 Å². The minimum Gasteiger partial charge on any atom is -0.311 e. The van der Waals surface area contributed by atoms with Crippen LogP contribution in [0.3, 0.4) is 0 Å². The Balaban J connectivity index is 1.66. The molecule has 5 heteroatoms. The average Bonchev–Trinajstić information content (AvgIpc) is 2.75. The minimum absolute atomic E-state index is 0.541. The molecule has 3 rings (SSSR count). The smallest absolute Gasteiger partial charge is 0.155 e. The zero-order chi connectivity index (χ0) is 12.8. The lowest BCUT2D eigenvalue weighted by molar-refractivity contribution is 0.517. The van der Waals surface area contributed by atoms with Gasteiger partial charge in [-0.15, -0.1) is 0 Å². The molecule has 1 N–H and O–H groups in total. The van der Waals surface area contributed by atoms with Crippen molar-refractivity contribution < 1.29 is 0 Å². The quantitative estimate of drug-likeness (QED) is 0.944. The fraction of sp³-hybridized carbons (Fsp3) is 0.538. The molecule has 2 aromatic heterocycles. The lowest BCUT2D eigenvalue weighted by Gasteiger charge is -2.06. The Morgan fingerprint density at radius 1 is 1.44 bits per heavy atom. The molecule has 2 heterocycles. The van der Waals surface area contributed by atoms with Gasteiger partial charge in [-0.05, 0) is 40.2 Å².